The SMILES string of the molecule is CCN(C(=O)OC(C)C)C(C)(CC)CN. The van der Waals surface area contributed by atoms with Gasteiger partial charge in [-0.15, -0.1) is 0 Å². The molecule has 0 aromatic carbocycles. The molecule has 15 heavy (non-hydrogen) atoms. The molecule has 0 saturated heterocycles. The van der Waals surface area contributed by atoms with E-state index in [9.17, 15) is 4.79 Å². The zero-order chi connectivity index (χ0) is 12.1. The molecule has 1 atom stereocenters. The van der Waals surface area contributed by atoms with Crippen molar-refractivity contribution in [3.8, 4) is 0 Å². The lowest BCUT2D eigenvalue weighted by Crippen LogP contribution is -2.54. The van der Waals surface area contributed by atoms with Gasteiger partial charge in [-0.2, -0.15) is 0 Å². The lowest BCUT2D eigenvalue weighted by Gasteiger charge is -2.38. The Kier molecular flexibility index (Phi) is 5.65. The van der Waals surface area contributed by atoms with Crippen molar-refractivity contribution in [1.82, 2.24) is 4.90 Å². The van der Waals surface area contributed by atoms with Crippen molar-refractivity contribution in [2.75, 3.05) is 13.1 Å². The van der Waals surface area contributed by atoms with E-state index in [4.69, 9.17) is 10.5 Å². The Labute approximate surface area is 92.8 Å². The molecular weight excluding hydrogens is 192 g/mol. The average Bonchev–Trinajstić information content (AvgIpc) is 2.17. The molecule has 1 unspecified atom stereocenters. The highest BCUT2D eigenvalue weighted by atomic mass is 16.6. The van der Waals surface area contributed by atoms with Crippen LogP contribution in [0.2, 0.25) is 0 Å². The molecule has 0 rings (SSSR count). The van der Waals surface area contributed by atoms with E-state index in [0.29, 0.717) is 13.1 Å². The van der Waals surface area contributed by atoms with Gasteiger partial charge in [-0.1, -0.05) is 6.92 Å². The molecule has 0 aliphatic carbocycles. The molecule has 4 nitrogen and oxygen atoms in total. The van der Waals surface area contributed by atoms with Crippen LogP contribution in [0.15, 0.2) is 0 Å². The van der Waals surface area contributed by atoms with Crippen LogP contribution in [0.5, 0.6) is 0 Å². The van der Waals surface area contributed by atoms with E-state index in [1.165, 1.54) is 0 Å². The first-order valence-electron chi connectivity index (χ1n) is 5.59. The average molecular weight is 216 g/mol. The zero-order valence-electron chi connectivity index (χ0n) is 10.5. The maximum absolute atomic E-state index is 11.8. The van der Waals surface area contributed by atoms with Crippen LogP contribution in [0, 0.1) is 0 Å². The van der Waals surface area contributed by atoms with Crippen molar-refractivity contribution < 1.29 is 9.53 Å². The lowest BCUT2D eigenvalue weighted by atomic mass is 9.97. The molecule has 0 saturated carbocycles. The molecular formula is C11H24N2O2. The molecule has 0 aliphatic heterocycles. The van der Waals surface area contributed by atoms with Gasteiger partial charge in [0.05, 0.1) is 11.6 Å². The summed E-state index contributed by atoms with van der Waals surface area (Å²) in [6.07, 6.45) is 0.456. The second-order valence-corrected chi connectivity index (χ2v) is 4.23. The number of ether oxygens (including phenoxy) is 1. The number of likely N-dealkylation sites (N-methyl/N-ethyl adjacent to an activating group) is 1. The van der Waals surface area contributed by atoms with E-state index in [1.54, 1.807) is 4.90 Å². The van der Waals surface area contributed by atoms with Crippen LogP contribution >= 0.6 is 0 Å². The lowest BCUT2D eigenvalue weighted by molar-refractivity contribution is 0.0413. The first kappa shape index (κ1) is 14.2. The largest absolute Gasteiger partial charge is 0.447 e. The summed E-state index contributed by atoms with van der Waals surface area (Å²) in [6, 6.07) is 0. The summed E-state index contributed by atoms with van der Waals surface area (Å²) < 4.78 is 5.18. The van der Waals surface area contributed by atoms with Crippen LogP contribution in [-0.2, 0) is 4.74 Å². The number of carbonyl (C=O) groups is 1. The summed E-state index contributed by atoms with van der Waals surface area (Å²) in [5, 5.41) is 0. The molecule has 2 N–H and O–H groups in total. The number of nitrogens with zero attached hydrogens (tertiary/aromatic N) is 1. The van der Waals surface area contributed by atoms with Crippen molar-refractivity contribution in [3.05, 3.63) is 0 Å². The van der Waals surface area contributed by atoms with Crippen LogP contribution in [-0.4, -0.2) is 35.7 Å². The second-order valence-electron chi connectivity index (χ2n) is 4.23. The zero-order valence-corrected chi connectivity index (χ0v) is 10.5. The highest BCUT2D eigenvalue weighted by molar-refractivity contribution is 5.68. The highest BCUT2D eigenvalue weighted by Crippen LogP contribution is 2.19. The summed E-state index contributed by atoms with van der Waals surface area (Å²) in [4.78, 5) is 13.5. The summed E-state index contributed by atoms with van der Waals surface area (Å²) in [6.45, 7) is 10.7. The van der Waals surface area contributed by atoms with Crippen LogP contribution in [0.1, 0.15) is 41.0 Å². The quantitative estimate of drug-likeness (QED) is 0.764. The fourth-order valence-corrected chi connectivity index (χ4v) is 1.44. The Morgan fingerprint density at radius 2 is 2.00 bits per heavy atom. The van der Waals surface area contributed by atoms with Gasteiger partial charge in [0.25, 0.3) is 0 Å². The van der Waals surface area contributed by atoms with Gasteiger partial charge in [-0.05, 0) is 34.1 Å². The van der Waals surface area contributed by atoms with Crippen LogP contribution in [0.3, 0.4) is 0 Å². The van der Waals surface area contributed by atoms with Crippen LogP contribution in [0.4, 0.5) is 4.79 Å². The molecule has 1 amide bonds. The minimum Gasteiger partial charge on any atom is -0.447 e. The van der Waals surface area contributed by atoms with Gasteiger partial charge in [-0.25, -0.2) is 4.79 Å². The van der Waals surface area contributed by atoms with Crippen LogP contribution in [0.25, 0.3) is 0 Å². The Bertz CT molecular complexity index is 201. The smallest absolute Gasteiger partial charge is 0.410 e. The van der Waals surface area contributed by atoms with Crippen molar-refractivity contribution in [2.24, 2.45) is 5.73 Å². The van der Waals surface area contributed by atoms with Crippen molar-refractivity contribution in [3.63, 3.8) is 0 Å². The summed E-state index contributed by atoms with van der Waals surface area (Å²) in [7, 11) is 0. The molecule has 0 radical (unpaired) electrons. The Morgan fingerprint density at radius 3 is 2.27 bits per heavy atom. The Balaban J connectivity index is 4.66. The first-order chi connectivity index (χ1) is 6.91. The Hall–Kier alpha value is -0.770. The normalized spacial score (nSPS) is 14.9. The van der Waals surface area contributed by atoms with E-state index >= 15 is 0 Å². The summed E-state index contributed by atoms with van der Waals surface area (Å²) in [5.74, 6) is 0. The molecule has 0 bridgehead atoms. The maximum Gasteiger partial charge on any atom is 0.410 e. The van der Waals surface area contributed by atoms with Crippen molar-refractivity contribution in [2.45, 2.75) is 52.7 Å². The topological polar surface area (TPSA) is 55.6 Å². The monoisotopic (exact) mass is 216 g/mol. The number of hydrogen-bond acceptors (Lipinski definition) is 3. The molecule has 4 heteroatoms. The number of rotatable bonds is 5. The molecule has 90 valence electrons. The van der Waals surface area contributed by atoms with Gasteiger partial charge in [0.15, 0.2) is 0 Å². The van der Waals surface area contributed by atoms with Gasteiger partial charge >= 0.3 is 6.09 Å². The van der Waals surface area contributed by atoms with Crippen molar-refractivity contribution in [1.29, 1.82) is 0 Å². The van der Waals surface area contributed by atoms with E-state index < -0.39 is 0 Å². The van der Waals surface area contributed by atoms with Crippen molar-refractivity contribution >= 4 is 6.09 Å². The van der Waals surface area contributed by atoms with E-state index in [2.05, 4.69) is 0 Å². The summed E-state index contributed by atoms with van der Waals surface area (Å²) in [5.41, 5.74) is 5.41. The highest BCUT2D eigenvalue weighted by Gasteiger charge is 2.32. The standard InChI is InChI=1S/C11H24N2O2/c1-6-11(5,8-12)13(7-2)10(14)15-9(3)4/h9H,6-8,12H2,1-5H3. The molecule has 0 heterocycles. The Morgan fingerprint density at radius 1 is 1.47 bits per heavy atom. The third-order valence-corrected chi connectivity index (χ3v) is 2.73. The van der Waals surface area contributed by atoms with Gasteiger partial charge < -0.3 is 15.4 Å². The van der Waals surface area contributed by atoms with E-state index in [-0.39, 0.29) is 17.7 Å². The van der Waals surface area contributed by atoms with Gasteiger partial charge in [0, 0.05) is 13.1 Å². The molecule has 0 fully saturated rings. The number of hydrogen-bond donors (Lipinski definition) is 1. The third-order valence-electron chi connectivity index (χ3n) is 2.73. The third kappa shape index (κ3) is 3.70. The number of nitrogens with two attached hydrogens (primary N) is 1. The fraction of sp³-hybridized carbons (Fsp3) is 0.909. The predicted molar refractivity (Wildman–Crippen MR) is 61.7 cm³/mol. The number of carbonyl (C=O) groups excluding carboxylic acids is 1. The molecule has 0 spiro atoms. The van der Waals surface area contributed by atoms with Gasteiger partial charge in [0.1, 0.15) is 0 Å². The molecule has 0 aromatic rings. The minimum atomic E-state index is -0.305. The first-order valence-corrected chi connectivity index (χ1v) is 5.59. The summed E-state index contributed by atoms with van der Waals surface area (Å²) >= 11 is 0. The fourth-order valence-electron chi connectivity index (χ4n) is 1.44. The second kappa shape index (κ2) is 5.95. The maximum atomic E-state index is 11.8. The van der Waals surface area contributed by atoms with E-state index in [1.807, 2.05) is 34.6 Å². The number of amides is 1. The van der Waals surface area contributed by atoms with Gasteiger partial charge in [-0.3, -0.25) is 0 Å². The molecule has 0 aliphatic rings. The predicted octanol–water partition coefficient (Wildman–Crippen LogP) is 1.98. The van der Waals surface area contributed by atoms with E-state index in [0.717, 1.165) is 6.42 Å². The minimum absolute atomic E-state index is 0.0922. The molecule has 0 aromatic heterocycles. The van der Waals surface area contributed by atoms with Crippen LogP contribution < -0.4 is 5.73 Å². The van der Waals surface area contributed by atoms with Gasteiger partial charge in [0.2, 0.25) is 0 Å².